The van der Waals surface area contributed by atoms with Crippen molar-refractivity contribution in [2.24, 2.45) is 0 Å². The molecule has 8 heteroatoms. The molecule has 18 heavy (non-hydrogen) atoms. The topological polar surface area (TPSA) is 104 Å². The number of aromatic amines is 2. The van der Waals surface area contributed by atoms with Gasteiger partial charge in [0.15, 0.2) is 10.8 Å². The van der Waals surface area contributed by atoms with Crippen molar-refractivity contribution in [3.8, 4) is 0 Å². The Bertz CT molecular complexity index is 622. The molecule has 0 aromatic carbocycles. The standard InChI is InChI=1S/C10H15N5O2S/c1-10(2,3)7-4-8(14-13-7)15-18(16,17)9-5-11-6-12-9/h4-6H,1-3H3,(H,11,12)(H2,13,14,15). The lowest BCUT2D eigenvalue weighted by molar-refractivity contribution is 0.567. The summed E-state index contributed by atoms with van der Waals surface area (Å²) in [5, 5.41) is 6.74. The largest absolute Gasteiger partial charge is 0.334 e. The third-order valence-corrected chi connectivity index (χ3v) is 3.67. The van der Waals surface area contributed by atoms with Crippen molar-refractivity contribution in [1.82, 2.24) is 20.2 Å². The van der Waals surface area contributed by atoms with Crippen LogP contribution in [-0.2, 0) is 15.4 Å². The van der Waals surface area contributed by atoms with Crippen molar-refractivity contribution in [3.05, 3.63) is 24.3 Å². The van der Waals surface area contributed by atoms with Crippen LogP contribution in [0.2, 0.25) is 0 Å². The van der Waals surface area contributed by atoms with Crippen LogP contribution >= 0.6 is 0 Å². The number of aromatic nitrogens is 4. The summed E-state index contributed by atoms with van der Waals surface area (Å²) in [5.41, 5.74) is 0.731. The minimum Gasteiger partial charge on any atom is -0.334 e. The Labute approximate surface area is 105 Å². The maximum absolute atomic E-state index is 11.9. The lowest BCUT2D eigenvalue weighted by atomic mass is 9.92. The van der Waals surface area contributed by atoms with Crippen LogP contribution in [0.5, 0.6) is 0 Å². The number of hydrogen-bond acceptors (Lipinski definition) is 4. The number of nitrogens with zero attached hydrogens (tertiary/aromatic N) is 2. The van der Waals surface area contributed by atoms with E-state index in [1.165, 1.54) is 12.5 Å². The first-order chi connectivity index (χ1) is 8.29. The lowest BCUT2D eigenvalue weighted by Gasteiger charge is -2.14. The Morgan fingerprint density at radius 3 is 2.56 bits per heavy atom. The van der Waals surface area contributed by atoms with Gasteiger partial charge >= 0.3 is 0 Å². The molecule has 2 aromatic heterocycles. The SMILES string of the molecule is CC(C)(C)c1cc(NS(=O)(=O)c2cnc[nH]2)n[nH]1. The quantitative estimate of drug-likeness (QED) is 0.779. The Morgan fingerprint density at radius 1 is 1.33 bits per heavy atom. The number of sulfonamides is 1. The predicted molar refractivity (Wildman–Crippen MR) is 66.7 cm³/mol. The van der Waals surface area contributed by atoms with Gasteiger partial charge in [0.2, 0.25) is 0 Å². The molecule has 3 N–H and O–H groups in total. The van der Waals surface area contributed by atoms with E-state index in [1.807, 2.05) is 20.8 Å². The zero-order valence-electron chi connectivity index (χ0n) is 10.4. The van der Waals surface area contributed by atoms with E-state index < -0.39 is 10.0 Å². The fourth-order valence-electron chi connectivity index (χ4n) is 1.34. The summed E-state index contributed by atoms with van der Waals surface area (Å²) in [7, 11) is -3.65. The molecule has 0 aliphatic heterocycles. The molecule has 0 fully saturated rings. The van der Waals surface area contributed by atoms with E-state index in [0.29, 0.717) is 0 Å². The third kappa shape index (κ3) is 2.53. The summed E-state index contributed by atoms with van der Waals surface area (Å²) in [5.74, 6) is 0.259. The van der Waals surface area contributed by atoms with Crippen molar-refractivity contribution < 1.29 is 8.42 Å². The first-order valence-electron chi connectivity index (χ1n) is 5.36. The summed E-state index contributed by atoms with van der Waals surface area (Å²) in [4.78, 5) is 6.21. The third-order valence-electron chi connectivity index (χ3n) is 2.39. The maximum atomic E-state index is 11.9. The predicted octanol–water partition coefficient (Wildman–Crippen LogP) is 1.23. The van der Waals surface area contributed by atoms with E-state index in [0.717, 1.165) is 5.69 Å². The summed E-state index contributed by atoms with van der Waals surface area (Å²) in [6.45, 7) is 6.02. The number of anilines is 1. The minimum atomic E-state index is -3.65. The van der Waals surface area contributed by atoms with Crippen molar-refractivity contribution in [2.75, 3.05) is 4.72 Å². The monoisotopic (exact) mass is 269 g/mol. The molecule has 0 bridgehead atoms. The summed E-state index contributed by atoms with van der Waals surface area (Å²) in [6.07, 6.45) is 2.54. The van der Waals surface area contributed by atoms with Gasteiger partial charge in [-0.25, -0.2) is 4.98 Å². The highest BCUT2D eigenvalue weighted by Gasteiger charge is 2.20. The Kier molecular flexibility index (Phi) is 2.89. The molecule has 2 aromatic rings. The van der Waals surface area contributed by atoms with Crippen LogP contribution < -0.4 is 4.72 Å². The van der Waals surface area contributed by atoms with Crippen LogP contribution in [0.25, 0.3) is 0 Å². The highest BCUT2D eigenvalue weighted by molar-refractivity contribution is 7.92. The second-order valence-corrected chi connectivity index (χ2v) is 6.59. The zero-order valence-corrected chi connectivity index (χ0v) is 11.2. The molecule has 0 unspecified atom stereocenters. The first-order valence-corrected chi connectivity index (χ1v) is 6.84. The van der Waals surface area contributed by atoms with Gasteiger partial charge in [-0.15, -0.1) is 0 Å². The van der Waals surface area contributed by atoms with Crippen LogP contribution in [0.3, 0.4) is 0 Å². The van der Waals surface area contributed by atoms with Gasteiger partial charge in [-0.3, -0.25) is 9.82 Å². The minimum absolute atomic E-state index is 0.00260. The van der Waals surface area contributed by atoms with Crippen LogP contribution in [0, 0.1) is 0 Å². The van der Waals surface area contributed by atoms with Crippen molar-refractivity contribution >= 4 is 15.8 Å². The van der Waals surface area contributed by atoms with E-state index in [4.69, 9.17) is 0 Å². The average Bonchev–Trinajstić information content (AvgIpc) is 2.83. The second-order valence-electron chi connectivity index (χ2n) is 4.94. The molecule has 0 amide bonds. The van der Waals surface area contributed by atoms with E-state index in [2.05, 4.69) is 24.9 Å². The number of rotatable bonds is 3. The molecule has 0 spiro atoms. The summed E-state index contributed by atoms with van der Waals surface area (Å²) >= 11 is 0. The molecular formula is C10H15N5O2S. The van der Waals surface area contributed by atoms with Crippen LogP contribution in [0.15, 0.2) is 23.6 Å². The lowest BCUT2D eigenvalue weighted by Crippen LogP contribution is -2.13. The summed E-state index contributed by atoms with van der Waals surface area (Å²) in [6, 6.07) is 1.67. The van der Waals surface area contributed by atoms with Crippen LogP contribution in [-0.4, -0.2) is 28.6 Å². The molecule has 0 aliphatic rings. The fourth-order valence-corrected chi connectivity index (χ4v) is 2.24. The molecule has 98 valence electrons. The van der Waals surface area contributed by atoms with Gasteiger partial charge in [-0.2, -0.15) is 13.5 Å². The van der Waals surface area contributed by atoms with Gasteiger partial charge in [0.1, 0.15) is 0 Å². The molecule has 2 rings (SSSR count). The molecule has 7 nitrogen and oxygen atoms in total. The van der Waals surface area contributed by atoms with Crippen molar-refractivity contribution in [3.63, 3.8) is 0 Å². The van der Waals surface area contributed by atoms with E-state index in [1.54, 1.807) is 6.07 Å². The first kappa shape index (κ1) is 12.6. The average molecular weight is 269 g/mol. The second kappa shape index (κ2) is 4.13. The normalized spacial score (nSPS) is 12.6. The Morgan fingerprint density at radius 2 is 2.06 bits per heavy atom. The highest BCUT2D eigenvalue weighted by Crippen LogP contribution is 2.22. The molecule has 0 radical (unpaired) electrons. The maximum Gasteiger partial charge on any atom is 0.280 e. The summed E-state index contributed by atoms with van der Waals surface area (Å²) < 4.78 is 26.1. The van der Waals surface area contributed by atoms with Crippen LogP contribution in [0.4, 0.5) is 5.82 Å². The molecule has 2 heterocycles. The van der Waals surface area contributed by atoms with Gasteiger partial charge < -0.3 is 4.98 Å². The van der Waals surface area contributed by atoms with E-state index in [-0.39, 0.29) is 16.3 Å². The Hall–Kier alpha value is -1.83. The van der Waals surface area contributed by atoms with Crippen molar-refractivity contribution in [1.29, 1.82) is 0 Å². The Balaban J connectivity index is 2.23. The van der Waals surface area contributed by atoms with E-state index in [9.17, 15) is 8.42 Å². The van der Waals surface area contributed by atoms with Gasteiger partial charge in [-0.1, -0.05) is 20.8 Å². The smallest absolute Gasteiger partial charge is 0.280 e. The van der Waals surface area contributed by atoms with Gasteiger partial charge in [0, 0.05) is 17.2 Å². The molecule has 0 atom stereocenters. The molecule has 0 saturated carbocycles. The van der Waals surface area contributed by atoms with Crippen LogP contribution in [0.1, 0.15) is 26.5 Å². The number of hydrogen-bond donors (Lipinski definition) is 3. The van der Waals surface area contributed by atoms with E-state index >= 15 is 0 Å². The highest BCUT2D eigenvalue weighted by atomic mass is 32.2. The van der Waals surface area contributed by atoms with Crippen molar-refractivity contribution in [2.45, 2.75) is 31.2 Å². The number of imidazole rings is 1. The number of nitrogens with one attached hydrogen (secondary N) is 3. The molecular weight excluding hydrogens is 254 g/mol. The molecule has 0 aliphatic carbocycles. The van der Waals surface area contributed by atoms with Gasteiger partial charge in [0.25, 0.3) is 10.0 Å². The fraction of sp³-hybridized carbons (Fsp3) is 0.400. The van der Waals surface area contributed by atoms with Gasteiger partial charge in [-0.05, 0) is 0 Å². The number of H-pyrrole nitrogens is 2. The molecule has 0 saturated heterocycles. The van der Waals surface area contributed by atoms with Gasteiger partial charge in [0.05, 0.1) is 12.5 Å². The zero-order chi connectivity index (χ0) is 13.4.